The highest BCUT2D eigenvalue weighted by atomic mass is 35.5. The van der Waals surface area contributed by atoms with Gasteiger partial charge in [-0.05, 0) is 0 Å². The van der Waals surface area contributed by atoms with Crippen LogP contribution in [0.25, 0.3) is 0 Å². The van der Waals surface area contributed by atoms with Crippen LogP contribution >= 0.6 is 46.4 Å². The molecule has 70 valence electrons. The maximum absolute atomic E-state index is 8.75. The Kier molecular flexibility index (Phi) is 3.53. The van der Waals surface area contributed by atoms with Gasteiger partial charge in [0.25, 0.3) is 0 Å². The van der Waals surface area contributed by atoms with Gasteiger partial charge in [0.15, 0.2) is 0 Å². The third-order valence-corrected chi connectivity index (χ3v) is 3.22. The molecule has 0 aliphatic carbocycles. The van der Waals surface area contributed by atoms with E-state index in [1.165, 1.54) is 0 Å². The first-order valence-corrected chi connectivity index (χ1v) is 4.78. The topological polar surface area (TPSA) is 23.8 Å². The van der Waals surface area contributed by atoms with Crippen molar-refractivity contribution in [2.45, 2.75) is 0 Å². The monoisotopic (exact) mass is 263 g/mol. The highest BCUT2D eigenvalue weighted by Crippen LogP contribution is 2.40. The van der Waals surface area contributed by atoms with Crippen LogP contribution in [0.15, 0.2) is 0 Å². The third kappa shape index (κ3) is 1.65. The average molecular weight is 265 g/mol. The van der Waals surface area contributed by atoms with E-state index < -0.39 is 0 Å². The summed E-state index contributed by atoms with van der Waals surface area (Å²) in [6, 6.07) is 1.80. The zero-order valence-electron chi connectivity index (χ0n) is 6.54. The summed E-state index contributed by atoms with van der Waals surface area (Å²) in [6.07, 6.45) is 5.16. The van der Waals surface area contributed by atoms with Crippen LogP contribution in [-0.4, -0.2) is 0 Å². The molecule has 1 aromatic carbocycles. The fourth-order valence-corrected chi connectivity index (χ4v) is 1.95. The van der Waals surface area contributed by atoms with E-state index in [-0.39, 0.29) is 31.2 Å². The van der Waals surface area contributed by atoms with Crippen LogP contribution in [0.5, 0.6) is 0 Å². The second-order valence-electron chi connectivity index (χ2n) is 2.26. The number of nitrogens with zero attached hydrogens (tertiary/aromatic N) is 1. The largest absolute Gasteiger partial charge is 0.192 e. The number of hydrogen-bond donors (Lipinski definition) is 0. The van der Waals surface area contributed by atoms with Gasteiger partial charge in [0.05, 0.1) is 31.2 Å². The van der Waals surface area contributed by atoms with Crippen LogP contribution in [0, 0.1) is 23.7 Å². The van der Waals surface area contributed by atoms with Gasteiger partial charge in [0.2, 0.25) is 0 Å². The highest BCUT2D eigenvalue weighted by Gasteiger charge is 2.18. The molecule has 0 N–H and O–H groups in total. The molecule has 0 saturated heterocycles. The van der Waals surface area contributed by atoms with E-state index in [1.54, 1.807) is 6.07 Å². The summed E-state index contributed by atoms with van der Waals surface area (Å²) in [7, 11) is 0. The lowest BCUT2D eigenvalue weighted by Gasteiger charge is -2.06. The lowest BCUT2D eigenvalue weighted by Crippen LogP contribution is -1.89. The standard InChI is InChI=1S/C9HCl4N/c1-2-4-6(10)5(3-14)8(12)9(13)7(4)11/h1H. The van der Waals surface area contributed by atoms with Crippen molar-refractivity contribution in [3.63, 3.8) is 0 Å². The van der Waals surface area contributed by atoms with Gasteiger partial charge in [0, 0.05) is 0 Å². The van der Waals surface area contributed by atoms with Gasteiger partial charge in [0.1, 0.15) is 6.07 Å². The van der Waals surface area contributed by atoms with Crippen LogP contribution in [-0.2, 0) is 0 Å². The van der Waals surface area contributed by atoms with Crippen LogP contribution in [0.4, 0.5) is 0 Å². The predicted molar refractivity (Wildman–Crippen MR) is 59.1 cm³/mol. The predicted octanol–water partition coefficient (Wildman–Crippen LogP) is 4.15. The van der Waals surface area contributed by atoms with Crippen LogP contribution in [0.3, 0.4) is 0 Å². The SMILES string of the molecule is C#Cc1c(Cl)c(Cl)c(Cl)c(C#N)c1Cl. The van der Waals surface area contributed by atoms with Gasteiger partial charge in [-0.2, -0.15) is 5.26 Å². The maximum Gasteiger partial charge on any atom is 0.102 e. The van der Waals surface area contributed by atoms with Crippen molar-refractivity contribution < 1.29 is 0 Å². The number of halogens is 4. The van der Waals surface area contributed by atoms with Crippen molar-refractivity contribution in [3.8, 4) is 18.4 Å². The van der Waals surface area contributed by atoms with Crippen molar-refractivity contribution in [2.24, 2.45) is 0 Å². The second kappa shape index (κ2) is 4.30. The molecule has 0 aromatic heterocycles. The summed E-state index contributed by atoms with van der Waals surface area (Å²) in [6.45, 7) is 0. The first kappa shape index (κ1) is 11.5. The minimum absolute atomic E-state index is 0.0168. The van der Waals surface area contributed by atoms with Gasteiger partial charge in [-0.1, -0.05) is 52.3 Å². The molecule has 0 heterocycles. The molecule has 0 saturated carbocycles. The summed E-state index contributed by atoms with van der Waals surface area (Å²) in [5, 5.41) is 8.94. The molecule has 0 aliphatic rings. The Morgan fingerprint density at radius 1 is 0.857 bits per heavy atom. The highest BCUT2D eigenvalue weighted by molar-refractivity contribution is 6.50. The zero-order valence-corrected chi connectivity index (χ0v) is 9.56. The molecule has 0 unspecified atom stereocenters. The van der Waals surface area contributed by atoms with E-state index in [9.17, 15) is 0 Å². The number of hydrogen-bond acceptors (Lipinski definition) is 1. The lowest BCUT2D eigenvalue weighted by atomic mass is 10.1. The van der Waals surface area contributed by atoms with E-state index in [1.807, 2.05) is 0 Å². The zero-order chi connectivity index (χ0) is 10.9. The Labute approximate surface area is 101 Å². The minimum atomic E-state index is 0.0168. The number of benzene rings is 1. The van der Waals surface area contributed by atoms with Gasteiger partial charge in [-0.15, -0.1) is 6.42 Å². The Hall–Kier alpha value is -0.570. The molecule has 5 heteroatoms. The number of rotatable bonds is 0. The van der Waals surface area contributed by atoms with Gasteiger partial charge in [-0.3, -0.25) is 0 Å². The van der Waals surface area contributed by atoms with Crippen molar-refractivity contribution in [1.82, 2.24) is 0 Å². The second-order valence-corrected chi connectivity index (χ2v) is 3.77. The lowest BCUT2D eigenvalue weighted by molar-refractivity contribution is 1.47. The smallest absolute Gasteiger partial charge is 0.102 e. The molecule has 0 bridgehead atoms. The third-order valence-electron chi connectivity index (χ3n) is 1.52. The molecule has 0 radical (unpaired) electrons. The quantitative estimate of drug-likeness (QED) is 0.392. The molecule has 0 aliphatic heterocycles. The molecular formula is C9HCl4N. The maximum atomic E-state index is 8.75. The van der Waals surface area contributed by atoms with Crippen LogP contribution < -0.4 is 0 Å². The number of terminal acetylenes is 1. The Morgan fingerprint density at radius 3 is 1.79 bits per heavy atom. The van der Waals surface area contributed by atoms with Crippen molar-refractivity contribution >= 4 is 46.4 Å². The average Bonchev–Trinajstić information content (AvgIpc) is 2.16. The first-order chi connectivity index (χ1) is 6.54. The molecule has 0 atom stereocenters. The van der Waals surface area contributed by atoms with E-state index >= 15 is 0 Å². The Balaban J connectivity index is 3.78. The normalized spacial score (nSPS) is 9.29. The summed E-state index contributed by atoms with van der Waals surface area (Å²) in [5.74, 6) is 2.25. The molecule has 14 heavy (non-hydrogen) atoms. The molecule has 1 rings (SSSR count). The Bertz CT molecular complexity index is 438. The summed E-state index contributed by atoms with van der Waals surface area (Å²) in [5.41, 5.74) is 0.218. The summed E-state index contributed by atoms with van der Waals surface area (Å²) in [4.78, 5) is 0. The van der Waals surface area contributed by atoms with E-state index in [0.29, 0.717) is 0 Å². The van der Waals surface area contributed by atoms with Gasteiger partial charge in [-0.25, -0.2) is 0 Å². The van der Waals surface area contributed by atoms with Crippen molar-refractivity contribution in [2.75, 3.05) is 0 Å². The number of nitriles is 1. The molecule has 1 nitrogen and oxygen atoms in total. The minimum Gasteiger partial charge on any atom is -0.192 e. The summed E-state index contributed by atoms with van der Waals surface area (Å²) >= 11 is 23.1. The van der Waals surface area contributed by atoms with Gasteiger partial charge >= 0.3 is 0 Å². The first-order valence-electron chi connectivity index (χ1n) is 3.27. The molecule has 0 amide bonds. The molecular weight excluding hydrogens is 264 g/mol. The molecule has 0 spiro atoms. The fraction of sp³-hybridized carbons (Fsp3) is 0. The summed E-state index contributed by atoms with van der Waals surface area (Å²) < 4.78 is 0. The van der Waals surface area contributed by atoms with Crippen molar-refractivity contribution in [3.05, 3.63) is 31.2 Å². The van der Waals surface area contributed by atoms with E-state index in [4.69, 9.17) is 58.1 Å². The van der Waals surface area contributed by atoms with Gasteiger partial charge < -0.3 is 0 Å². The Morgan fingerprint density at radius 2 is 1.36 bits per heavy atom. The van der Waals surface area contributed by atoms with Crippen LogP contribution in [0.1, 0.15) is 11.1 Å². The van der Waals surface area contributed by atoms with E-state index in [0.717, 1.165) is 0 Å². The molecule has 1 aromatic rings. The van der Waals surface area contributed by atoms with E-state index in [2.05, 4.69) is 5.92 Å². The van der Waals surface area contributed by atoms with Crippen LogP contribution in [0.2, 0.25) is 20.1 Å². The van der Waals surface area contributed by atoms with Crippen molar-refractivity contribution in [1.29, 1.82) is 5.26 Å². The molecule has 0 fully saturated rings. The fourth-order valence-electron chi connectivity index (χ4n) is 0.858.